The van der Waals surface area contributed by atoms with Crippen LogP contribution in [0.2, 0.25) is 5.02 Å². The van der Waals surface area contributed by atoms with E-state index < -0.39 is 23.9 Å². The number of anilines is 1. The smallest absolute Gasteiger partial charge is 0.332 e. The van der Waals surface area contributed by atoms with Crippen LogP contribution >= 0.6 is 11.6 Å². The van der Waals surface area contributed by atoms with Crippen LogP contribution in [0.4, 0.5) is 14.9 Å². The monoisotopic (exact) mass is 290 g/mol. The van der Waals surface area contributed by atoms with E-state index in [1.165, 1.54) is 18.2 Å². The molecular formula is C11H12ClFN2O4. The van der Waals surface area contributed by atoms with Crippen LogP contribution in [0, 0.1) is 5.82 Å². The number of rotatable bonds is 5. The molecular weight excluding hydrogens is 279 g/mol. The van der Waals surface area contributed by atoms with Gasteiger partial charge >= 0.3 is 12.0 Å². The van der Waals surface area contributed by atoms with E-state index in [1.807, 2.05) is 0 Å². The first-order valence-electron chi connectivity index (χ1n) is 5.31. The van der Waals surface area contributed by atoms with Gasteiger partial charge in [0.15, 0.2) is 11.9 Å². The predicted octanol–water partition coefficient (Wildman–Crippen LogP) is 1.44. The SMILES string of the molecule is O=C(NCCC(O)C(=O)O)Nc1cccc(Cl)c1F. The third kappa shape index (κ3) is 4.72. The van der Waals surface area contributed by atoms with Crippen molar-refractivity contribution in [3.63, 3.8) is 0 Å². The van der Waals surface area contributed by atoms with E-state index in [0.717, 1.165) is 0 Å². The van der Waals surface area contributed by atoms with Crippen molar-refractivity contribution >= 4 is 29.3 Å². The van der Waals surface area contributed by atoms with Crippen LogP contribution in [0.1, 0.15) is 6.42 Å². The van der Waals surface area contributed by atoms with Crippen molar-refractivity contribution in [2.75, 3.05) is 11.9 Å². The quantitative estimate of drug-likeness (QED) is 0.659. The lowest BCUT2D eigenvalue weighted by atomic mass is 10.2. The number of nitrogens with one attached hydrogen (secondary N) is 2. The highest BCUT2D eigenvalue weighted by Gasteiger charge is 2.13. The maximum Gasteiger partial charge on any atom is 0.332 e. The summed E-state index contributed by atoms with van der Waals surface area (Å²) >= 11 is 5.53. The molecule has 6 nitrogen and oxygen atoms in total. The van der Waals surface area contributed by atoms with E-state index in [4.69, 9.17) is 21.8 Å². The summed E-state index contributed by atoms with van der Waals surface area (Å²) in [5.41, 5.74) is -0.0937. The number of carbonyl (C=O) groups excluding carboxylic acids is 1. The largest absolute Gasteiger partial charge is 0.479 e. The first-order chi connectivity index (χ1) is 8.91. The van der Waals surface area contributed by atoms with E-state index in [1.54, 1.807) is 0 Å². The molecule has 0 saturated heterocycles. The number of aliphatic hydroxyl groups excluding tert-OH is 1. The molecule has 1 atom stereocenters. The van der Waals surface area contributed by atoms with Crippen LogP contribution in [0.25, 0.3) is 0 Å². The number of carboxylic acid groups (broad SMARTS) is 1. The van der Waals surface area contributed by atoms with Gasteiger partial charge in [0.25, 0.3) is 0 Å². The van der Waals surface area contributed by atoms with Crippen molar-refractivity contribution in [3.05, 3.63) is 29.0 Å². The van der Waals surface area contributed by atoms with Crippen molar-refractivity contribution in [3.8, 4) is 0 Å². The number of carbonyl (C=O) groups is 2. The number of urea groups is 1. The molecule has 0 saturated carbocycles. The molecule has 4 N–H and O–H groups in total. The molecule has 8 heteroatoms. The first-order valence-corrected chi connectivity index (χ1v) is 5.69. The zero-order chi connectivity index (χ0) is 14.4. The molecule has 104 valence electrons. The molecule has 19 heavy (non-hydrogen) atoms. The highest BCUT2D eigenvalue weighted by Crippen LogP contribution is 2.21. The van der Waals surface area contributed by atoms with Gasteiger partial charge in [-0.15, -0.1) is 0 Å². The number of amides is 2. The van der Waals surface area contributed by atoms with Gasteiger partial charge in [-0.3, -0.25) is 0 Å². The molecule has 0 aliphatic heterocycles. The van der Waals surface area contributed by atoms with Crippen LogP contribution in [0.3, 0.4) is 0 Å². The topological polar surface area (TPSA) is 98.7 Å². The van der Waals surface area contributed by atoms with E-state index in [9.17, 15) is 14.0 Å². The van der Waals surface area contributed by atoms with Gasteiger partial charge in [-0.1, -0.05) is 17.7 Å². The average molecular weight is 291 g/mol. The number of hydrogen-bond acceptors (Lipinski definition) is 3. The number of hydrogen-bond donors (Lipinski definition) is 4. The molecule has 0 radical (unpaired) electrons. The molecule has 1 rings (SSSR count). The van der Waals surface area contributed by atoms with Crippen molar-refractivity contribution in [1.82, 2.24) is 5.32 Å². The third-order valence-electron chi connectivity index (χ3n) is 2.19. The van der Waals surface area contributed by atoms with E-state index in [2.05, 4.69) is 10.6 Å². The fourth-order valence-electron chi connectivity index (χ4n) is 1.21. The van der Waals surface area contributed by atoms with Gasteiger partial charge in [0.1, 0.15) is 0 Å². The Morgan fingerprint density at radius 2 is 2.11 bits per heavy atom. The number of carboxylic acids is 1. The van der Waals surface area contributed by atoms with Crippen molar-refractivity contribution in [2.45, 2.75) is 12.5 Å². The van der Waals surface area contributed by atoms with E-state index >= 15 is 0 Å². The highest BCUT2D eigenvalue weighted by atomic mass is 35.5. The Hall–Kier alpha value is -1.86. The van der Waals surface area contributed by atoms with Gasteiger partial charge in [0.05, 0.1) is 10.7 Å². The maximum absolute atomic E-state index is 13.4. The maximum atomic E-state index is 13.4. The number of aliphatic carboxylic acids is 1. The van der Waals surface area contributed by atoms with Crippen molar-refractivity contribution in [2.24, 2.45) is 0 Å². The Labute approximate surface area is 113 Å². The van der Waals surface area contributed by atoms with Gasteiger partial charge in [-0.05, 0) is 12.1 Å². The third-order valence-corrected chi connectivity index (χ3v) is 2.48. The molecule has 0 fully saturated rings. The fourth-order valence-corrected chi connectivity index (χ4v) is 1.39. The Kier molecular flexibility index (Phi) is 5.53. The van der Waals surface area contributed by atoms with Crippen LogP contribution in [0.5, 0.6) is 0 Å². The summed E-state index contributed by atoms with van der Waals surface area (Å²) in [6.07, 6.45) is -1.70. The lowest BCUT2D eigenvalue weighted by molar-refractivity contribution is -0.146. The summed E-state index contributed by atoms with van der Waals surface area (Å²) in [6.45, 7) is -0.0680. The Morgan fingerprint density at radius 3 is 2.74 bits per heavy atom. The molecule has 1 unspecified atom stereocenters. The standard InChI is InChI=1S/C11H12ClFN2O4/c12-6-2-1-3-7(9(6)13)15-11(19)14-5-4-8(16)10(17)18/h1-3,8,16H,4-5H2,(H,17,18)(H2,14,15,19). The van der Waals surface area contributed by atoms with E-state index in [0.29, 0.717) is 0 Å². The number of halogens is 2. The fraction of sp³-hybridized carbons (Fsp3) is 0.273. The second kappa shape index (κ2) is 6.91. The van der Waals surface area contributed by atoms with Crippen LogP contribution < -0.4 is 10.6 Å². The summed E-state index contributed by atoms with van der Waals surface area (Å²) < 4.78 is 13.4. The lowest BCUT2D eigenvalue weighted by Gasteiger charge is -2.10. The zero-order valence-corrected chi connectivity index (χ0v) is 10.4. The van der Waals surface area contributed by atoms with Gasteiger partial charge < -0.3 is 20.8 Å². The summed E-state index contributed by atoms with van der Waals surface area (Å²) in [4.78, 5) is 21.7. The van der Waals surface area contributed by atoms with E-state index in [-0.39, 0.29) is 23.7 Å². The minimum absolute atomic E-state index is 0.0680. The van der Waals surface area contributed by atoms with Gasteiger partial charge in [0.2, 0.25) is 0 Å². The molecule has 0 aliphatic rings. The van der Waals surface area contributed by atoms with Gasteiger partial charge in [-0.25, -0.2) is 14.0 Å². The molecule has 2 amide bonds. The number of aliphatic hydroxyl groups is 1. The average Bonchev–Trinajstić information content (AvgIpc) is 2.34. The summed E-state index contributed by atoms with van der Waals surface area (Å²) in [5.74, 6) is -2.13. The summed E-state index contributed by atoms with van der Waals surface area (Å²) in [7, 11) is 0. The Morgan fingerprint density at radius 1 is 1.42 bits per heavy atom. The Balaban J connectivity index is 2.43. The van der Waals surface area contributed by atoms with Gasteiger partial charge in [-0.2, -0.15) is 0 Å². The minimum atomic E-state index is -1.55. The highest BCUT2D eigenvalue weighted by molar-refractivity contribution is 6.31. The predicted molar refractivity (Wildman–Crippen MR) is 66.7 cm³/mol. The second-order valence-electron chi connectivity index (χ2n) is 3.62. The van der Waals surface area contributed by atoms with Crippen LogP contribution in [-0.4, -0.2) is 34.9 Å². The molecule has 0 bridgehead atoms. The lowest BCUT2D eigenvalue weighted by Crippen LogP contribution is -2.33. The zero-order valence-electron chi connectivity index (χ0n) is 9.69. The van der Waals surface area contributed by atoms with Crippen LogP contribution in [0.15, 0.2) is 18.2 Å². The number of benzene rings is 1. The van der Waals surface area contributed by atoms with Crippen molar-refractivity contribution in [1.29, 1.82) is 0 Å². The molecule has 0 spiro atoms. The molecule has 0 aliphatic carbocycles. The molecule has 0 heterocycles. The molecule has 0 aromatic heterocycles. The normalized spacial score (nSPS) is 11.7. The van der Waals surface area contributed by atoms with Crippen molar-refractivity contribution < 1.29 is 24.2 Å². The summed E-state index contributed by atoms with van der Waals surface area (Å²) in [5, 5.41) is 21.7. The van der Waals surface area contributed by atoms with Crippen LogP contribution in [-0.2, 0) is 4.79 Å². The van der Waals surface area contributed by atoms with Gasteiger partial charge in [0, 0.05) is 13.0 Å². The summed E-state index contributed by atoms with van der Waals surface area (Å²) in [6, 6.07) is 3.41. The molecule has 1 aromatic carbocycles. The minimum Gasteiger partial charge on any atom is -0.479 e. The second-order valence-corrected chi connectivity index (χ2v) is 4.03. The first kappa shape index (κ1) is 15.2. The molecule has 1 aromatic rings. The Bertz CT molecular complexity index is 484.